The van der Waals surface area contributed by atoms with E-state index in [2.05, 4.69) is 4.98 Å². The fourth-order valence-electron chi connectivity index (χ4n) is 0.592. The molecule has 3 nitrogen and oxygen atoms in total. The molecule has 1 aromatic heterocycles. The van der Waals surface area contributed by atoms with Gasteiger partial charge in [-0.2, -0.15) is 4.39 Å². The van der Waals surface area contributed by atoms with Gasteiger partial charge in [0.1, 0.15) is 0 Å². The number of hydrogen-bond donors (Lipinski definition) is 1. The molecular formula is C6H2ClF2NO2. The van der Waals surface area contributed by atoms with Gasteiger partial charge in [0, 0.05) is 6.20 Å². The molecule has 1 N–H and O–H groups in total. The van der Waals surface area contributed by atoms with Gasteiger partial charge >= 0.3 is 5.97 Å². The third kappa shape index (κ3) is 1.35. The lowest BCUT2D eigenvalue weighted by Crippen LogP contribution is -2.02. The number of carbonyl (C=O) groups is 1. The molecule has 1 heterocycles. The minimum atomic E-state index is -1.45. The molecule has 0 radical (unpaired) electrons. The molecule has 0 aliphatic carbocycles. The molecule has 12 heavy (non-hydrogen) atoms. The number of nitrogens with zero attached hydrogens (tertiary/aromatic N) is 1. The van der Waals surface area contributed by atoms with Gasteiger partial charge in [0.2, 0.25) is 0 Å². The minimum absolute atomic E-state index is 0.560. The van der Waals surface area contributed by atoms with E-state index in [1.165, 1.54) is 0 Å². The molecule has 1 rings (SSSR count). The van der Waals surface area contributed by atoms with Gasteiger partial charge in [-0.05, 0) is 0 Å². The second kappa shape index (κ2) is 3.02. The Morgan fingerprint density at radius 2 is 2.17 bits per heavy atom. The Morgan fingerprint density at radius 1 is 1.58 bits per heavy atom. The highest BCUT2D eigenvalue weighted by Gasteiger charge is 2.16. The van der Waals surface area contributed by atoms with Crippen molar-refractivity contribution in [3.63, 3.8) is 0 Å². The van der Waals surface area contributed by atoms with Crippen molar-refractivity contribution in [2.24, 2.45) is 0 Å². The average Bonchev–Trinajstić information content (AvgIpc) is 2.00. The van der Waals surface area contributed by atoms with Crippen LogP contribution in [-0.4, -0.2) is 16.1 Å². The second-order valence-corrected chi connectivity index (χ2v) is 2.27. The van der Waals surface area contributed by atoms with Gasteiger partial charge in [-0.3, -0.25) is 0 Å². The maximum absolute atomic E-state index is 12.5. The molecule has 0 unspecified atom stereocenters. The fraction of sp³-hybridized carbons (Fsp3) is 0. The SMILES string of the molecule is O=C(O)c1cnc(F)c(F)c1Cl. The number of hydrogen-bond acceptors (Lipinski definition) is 2. The average molecular weight is 194 g/mol. The molecule has 0 spiro atoms. The van der Waals surface area contributed by atoms with Crippen molar-refractivity contribution in [1.29, 1.82) is 0 Å². The summed E-state index contributed by atoms with van der Waals surface area (Å²) in [5, 5.41) is 7.60. The Kier molecular flexibility index (Phi) is 2.23. The zero-order chi connectivity index (χ0) is 9.30. The van der Waals surface area contributed by atoms with Crippen LogP contribution in [0.4, 0.5) is 8.78 Å². The number of carboxylic acids is 1. The summed E-state index contributed by atoms with van der Waals surface area (Å²) in [4.78, 5) is 13.1. The van der Waals surface area contributed by atoms with E-state index in [4.69, 9.17) is 16.7 Å². The summed E-state index contributed by atoms with van der Waals surface area (Å²) in [5.41, 5.74) is -0.560. The van der Waals surface area contributed by atoms with E-state index in [0.29, 0.717) is 6.20 Å². The van der Waals surface area contributed by atoms with E-state index in [9.17, 15) is 13.6 Å². The minimum Gasteiger partial charge on any atom is -0.478 e. The van der Waals surface area contributed by atoms with E-state index in [-0.39, 0.29) is 0 Å². The molecule has 1 aromatic rings. The summed E-state index contributed by atoms with van der Waals surface area (Å²) in [6.07, 6.45) is 0.656. The highest BCUT2D eigenvalue weighted by Crippen LogP contribution is 2.20. The molecule has 0 bridgehead atoms. The van der Waals surface area contributed by atoms with Crippen molar-refractivity contribution < 1.29 is 18.7 Å². The first-order valence-corrected chi connectivity index (χ1v) is 3.14. The van der Waals surface area contributed by atoms with Crippen LogP contribution in [0, 0.1) is 11.8 Å². The van der Waals surface area contributed by atoms with E-state index < -0.39 is 28.3 Å². The first kappa shape index (κ1) is 8.86. The van der Waals surface area contributed by atoms with Crippen LogP contribution in [0.3, 0.4) is 0 Å². The van der Waals surface area contributed by atoms with E-state index in [1.54, 1.807) is 0 Å². The number of aromatic nitrogens is 1. The molecule has 0 fully saturated rings. The van der Waals surface area contributed by atoms with Crippen LogP contribution in [-0.2, 0) is 0 Å². The lowest BCUT2D eigenvalue weighted by molar-refractivity contribution is 0.0696. The third-order valence-corrected chi connectivity index (χ3v) is 1.52. The van der Waals surface area contributed by atoms with E-state index in [1.807, 2.05) is 0 Å². The zero-order valence-electron chi connectivity index (χ0n) is 5.51. The number of carboxylic acid groups (broad SMARTS) is 1. The van der Waals surface area contributed by atoms with Crippen LogP contribution in [0.5, 0.6) is 0 Å². The molecule has 0 amide bonds. The van der Waals surface area contributed by atoms with E-state index in [0.717, 1.165) is 0 Å². The molecule has 6 heteroatoms. The van der Waals surface area contributed by atoms with Crippen molar-refractivity contribution in [2.75, 3.05) is 0 Å². The predicted molar refractivity (Wildman–Crippen MR) is 36.1 cm³/mol. The van der Waals surface area contributed by atoms with Gasteiger partial charge in [0.15, 0.2) is 5.82 Å². The maximum Gasteiger partial charge on any atom is 0.338 e. The Morgan fingerprint density at radius 3 is 2.67 bits per heavy atom. The normalized spacial score (nSPS) is 9.92. The van der Waals surface area contributed by atoms with Gasteiger partial charge in [0.25, 0.3) is 5.95 Å². The zero-order valence-corrected chi connectivity index (χ0v) is 6.27. The lowest BCUT2D eigenvalue weighted by atomic mass is 10.3. The van der Waals surface area contributed by atoms with E-state index >= 15 is 0 Å². The van der Waals surface area contributed by atoms with Gasteiger partial charge in [-0.25, -0.2) is 14.2 Å². The Balaban J connectivity index is 3.36. The number of halogens is 3. The summed E-state index contributed by atoms with van der Waals surface area (Å²) < 4.78 is 24.8. The molecule has 0 atom stereocenters. The topological polar surface area (TPSA) is 50.2 Å². The van der Waals surface area contributed by atoms with Crippen molar-refractivity contribution >= 4 is 17.6 Å². The summed E-state index contributed by atoms with van der Waals surface area (Å²) in [6.45, 7) is 0. The summed E-state index contributed by atoms with van der Waals surface area (Å²) in [5.74, 6) is -4.31. The molecule has 64 valence electrons. The number of aromatic carboxylic acids is 1. The monoisotopic (exact) mass is 193 g/mol. The van der Waals surface area contributed by atoms with Crippen LogP contribution in [0.2, 0.25) is 5.02 Å². The van der Waals surface area contributed by atoms with Gasteiger partial charge in [0.05, 0.1) is 10.6 Å². The third-order valence-electron chi connectivity index (χ3n) is 1.15. The van der Waals surface area contributed by atoms with Crippen molar-refractivity contribution in [1.82, 2.24) is 4.98 Å². The highest BCUT2D eigenvalue weighted by atomic mass is 35.5. The fourth-order valence-corrected chi connectivity index (χ4v) is 0.800. The van der Waals surface area contributed by atoms with Crippen molar-refractivity contribution in [3.05, 3.63) is 28.5 Å². The van der Waals surface area contributed by atoms with Crippen LogP contribution in [0.15, 0.2) is 6.20 Å². The first-order valence-electron chi connectivity index (χ1n) is 2.77. The smallest absolute Gasteiger partial charge is 0.338 e. The summed E-state index contributed by atoms with van der Waals surface area (Å²) in [7, 11) is 0. The largest absolute Gasteiger partial charge is 0.478 e. The molecular weight excluding hydrogens is 192 g/mol. The Hall–Kier alpha value is -1.23. The first-order chi connectivity index (χ1) is 5.54. The van der Waals surface area contributed by atoms with Crippen LogP contribution < -0.4 is 0 Å². The molecule has 0 aliphatic heterocycles. The highest BCUT2D eigenvalue weighted by molar-refractivity contribution is 6.33. The van der Waals surface area contributed by atoms with Crippen LogP contribution in [0.1, 0.15) is 10.4 Å². The van der Waals surface area contributed by atoms with Crippen molar-refractivity contribution in [2.45, 2.75) is 0 Å². The van der Waals surface area contributed by atoms with Crippen LogP contribution in [0.25, 0.3) is 0 Å². The predicted octanol–water partition coefficient (Wildman–Crippen LogP) is 1.71. The van der Waals surface area contributed by atoms with Crippen molar-refractivity contribution in [3.8, 4) is 0 Å². The molecule has 0 aliphatic rings. The Bertz CT molecular complexity index is 343. The lowest BCUT2D eigenvalue weighted by Gasteiger charge is -1.98. The Labute approximate surface area is 70.6 Å². The summed E-state index contributed by atoms with van der Waals surface area (Å²) in [6, 6.07) is 0. The van der Waals surface area contributed by atoms with Crippen LogP contribution >= 0.6 is 11.6 Å². The van der Waals surface area contributed by atoms with Gasteiger partial charge in [-0.1, -0.05) is 11.6 Å². The second-order valence-electron chi connectivity index (χ2n) is 1.90. The number of rotatable bonds is 1. The number of pyridine rings is 1. The quantitative estimate of drug-likeness (QED) is 0.691. The molecule has 0 aromatic carbocycles. The molecule has 0 saturated carbocycles. The molecule has 0 saturated heterocycles. The standard InChI is InChI=1S/C6H2ClF2NO2/c7-3-2(6(11)12)1-10-5(9)4(3)8/h1H,(H,11,12). The van der Waals surface area contributed by atoms with Gasteiger partial charge < -0.3 is 5.11 Å². The summed E-state index contributed by atoms with van der Waals surface area (Å²) >= 11 is 5.16. The maximum atomic E-state index is 12.5. The van der Waals surface area contributed by atoms with Gasteiger partial charge in [-0.15, -0.1) is 0 Å².